The van der Waals surface area contributed by atoms with Crippen LogP contribution in [0.2, 0.25) is 0 Å². The number of rotatable bonds is 3. The van der Waals surface area contributed by atoms with Crippen LogP contribution in [-0.4, -0.2) is 21.8 Å². The second-order valence-electron chi connectivity index (χ2n) is 5.24. The van der Waals surface area contributed by atoms with Gasteiger partial charge in [0.25, 0.3) is 11.6 Å². The highest BCUT2D eigenvalue weighted by molar-refractivity contribution is 6.12. The number of nitro groups is 1. The molecule has 4 N–H and O–H groups in total. The number of carbonyl (C=O) groups excluding carboxylic acids is 1. The van der Waals surface area contributed by atoms with Gasteiger partial charge in [-0.3, -0.25) is 25.6 Å². The predicted molar refractivity (Wildman–Crippen MR) is 93.2 cm³/mol. The number of para-hydroxylation sites is 1. The summed E-state index contributed by atoms with van der Waals surface area (Å²) in [5.41, 5.74) is 7.24. The molecule has 0 atom stereocenters. The average Bonchev–Trinajstić information content (AvgIpc) is 2.60. The topological polar surface area (TPSA) is 135 Å². The van der Waals surface area contributed by atoms with Crippen molar-refractivity contribution in [3.05, 3.63) is 70.3 Å². The van der Waals surface area contributed by atoms with Gasteiger partial charge >= 0.3 is 0 Å². The van der Waals surface area contributed by atoms with E-state index in [1.165, 1.54) is 12.1 Å². The molecule has 0 aliphatic carbocycles. The second-order valence-corrected chi connectivity index (χ2v) is 5.24. The Hall–Kier alpha value is -3.81. The van der Waals surface area contributed by atoms with Gasteiger partial charge in [0.1, 0.15) is 0 Å². The highest BCUT2D eigenvalue weighted by Gasteiger charge is 2.15. The van der Waals surface area contributed by atoms with Gasteiger partial charge in [-0.15, -0.1) is 0 Å². The van der Waals surface area contributed by atoms with E-state index in [9.17, 15) is 14.9 Å². The molecule has 25 heavy (non-hydrogen) atoms. The molecule has 0 unspecified atom stereocenters. The smallest absolute Gasteiger partial charge is 0.269 e. The first-order chi connectivity index (χ1) is 12.0. The van der Waals surface area contributed by atoms with Crippen LogP contribution in [0.15, 0.2) is 54.6 Å². The Morgan fingerprint density at radius 1 is 1.16 bits per heavy atom. The van der Waals surface area contributed by atoms with Crippen molar-refractivity contribution in [3.8, 4) is 11.3 Å². The molecule has 2 aromatic carbocycles. The van der Waals surface area contributed by atoms with Gasteiger partial charge in [0.2, 0.25) is 0 Å². The zero-order valence-corrected chi connectivity index (χ0v) is 12.9. The molecule has 3 rings (SSSR count). The third-order valence-electron chi connectivity index (χ3n) is 3.58. The van der Waals surface area contributed by atoms with E-state index < -0.39 is 16.8 Å². The monoisotopic (exact) mass is 335 g/mol. The van der Waals surface area contributed by atoms with Crippen molar-refractivity contribution in [1.82, 2.24) is 10.3 Å². The molecule has 0 radical (unpaired) electrons. The van der Waals surface area contributed by atoms with E-state index >= 15 is 0 Å². The van der Waals surface area contributed by atoms with Gasteiger partial charge in [-0.05, 0) is 24.3 Å². The van der Waals surface area contributed by atoms with Gasteiger partial charge in [0.05, 0.1) is 21.7 Å². The van der Waals surface area contributed by atoms with E-state index in [1.807, 2.05) is 0 Å². The zero-order valence-electron chi connectivity index (χ0n) is 12.9. The number of nitrogens with one attached hydrogen (secondary N) is 2. The third kappa shape index (κ3) is 3.27. The minimum Gasteiger partial charge on any atom is -0.370 e. The molecule has 1 amide bonds. The first kappa shape index (κ1) is 16.1. The number of benzene rings is 2. The highest BCUT2D eigenvalue weighted by atomic mass is 16.6. The SMILES string of the molecule is N=C(N)NC(=O)c1cc(-c2ccc([N+](=O)[O-])cc2)nc2ccccc12. The van der Waals surface area contributed by atoms with Crippen LogP contribution >= 0.6 is 0 Å². The summed E-state index contributed by atoms with van der Waals surface area (Å²) >= 11 is 0. The summed E-state index contributed by atoms with van der Waals surface area (Å²) in [7, 11) is 0. The maximum atomic E-state index is 12.3. The molecular weight excluding hydrogens is 322 g/mol. The lowest BCUT2D eigenvalue weighted by Crippen LogP contribution is -2.35. The normalized spacial score (nSPS) is 10.4. The molecule has 8 heteroatoms. The Bertz CT molecular complexity index is 999. The Morgan fingerprint density at radius 2 is 1.84 bits per heavy atom. The summed E-state index contributed by atoms with van der Waals surface area (Å²) < 4.78 is 0. The van der Waals surface area contributed by atoms with Crippen molar-refractivity contribution in [2.75, 3.05) is 0 Å². The van der Waals surface area contributed by atoms with Crippen LogP contribution in [0.4, 0.5) is 5.69 Å². The number of guanidine groups is 1. The van der Waals surface area contributed by atoms with E-state index in [0.717, 1.165) is 0 Å². The number of fused-ring (bicyclic) bond motifs is 1. The second kappa shape index (κ2) is 6.36. The Morgan fingerprint density at radius 3 is 2.48 bits per heavy atom. The van der Waals surface area contributed by atoms with Crippen LogP contribution < -0.4 is 11.1 Å². The van der Waals surface area contributed by atoms with Gasteiger partial charge < -0.3 is 5.73 Å². The quantitative estimate of drug-likeness (QED) is 0.292. The third-order valence-corrected chi connectivity index (χ3v) is 3.58. The molecule has 1 aromatic heterocycles. The molecule has 0 bridgehead atoms. The Balaban J connectivity index is 2.14. The molecule has 0 aliphatic rings. The highest BCUT2D eigenvalue weighted by Crippen LogP contribution is 2.26. The lowest BCUT2D eigenvalue weighted by Gasteiger charge is -2.10. The number of nitro benzene ring substituents is 1. The van der Waals surface area contributed by atoms with Crippen molar-refractivity contribution < 1.29 is 9.72 Å². The maximum Gasteiger partial charge on any atom is 0.269 e. The molecule has 0 fully saturated rings. The van der Waals surface area contributed by atoms with Crippen LogP contribution in [0.1, 0.15) is 10.4 Å². The number of pyridine rings is 1. The van der Waals surface area contributed by atoms with Gasteiger partial charge in [-0.2, -0.15) is 0 Å². The standard InChI is InChI=1S/C17H13N5O3/c18-17(19)21-16(23)13-9-15(20-14-4-2-1-3-12(13)14)10-5-7-11(8-6-10)22(24)25/h1-9H,(H4,18,19,21,23). The van der Waals surface area contributed by atoms with Gasteiger partial charge in [0.15, 0.2) is 5.96 Å². The predicted octanol–water partition coefficient (Wildman–Crippen LogP) is 2.43. The van der Waals surface area contributed by atoms with Crippen LogP contribution in [0.25, 0.3) is 22.2 Å². The first-order valence-electron chi connectivity index (χ1n) is 7.25. The summed E-state index contributed by atoms with van der Waals surface area (Å²) in [4.78, 5) is 27.1. The fourth-order valence-electron chi connectivity index (χ4n) is 2.45. The number of aromatic nitrogens is 1. The number of amides is 1. The van der Waals surface area contributed by atoms with Crippen LogP contribution in [0.5, 0.6) is 0 Å². The largest absolute Gasteiger partial charge is 0.370 e. The van der Waals surface area contributed by atoms with Gasteiger partial charge in [0, 0.05) is 23.1 Å². The number of nitrogens with zero attached hydrogens (tertiary/aromatic N) is 2. The molecule has 1 heterocycles. The van der Waals surface area contributed by atoms with E-state index in [-0.39, 0.29) is 5.69 Å². The number of hydrogen-bond donors (Lipinski definition) is 3. The summed E-state index contributed by atoms with van der Waals surface area (Å²) in [5, 5.41) is 20.9. The first-order valence-corrected chi connectivity index (χ1v) is 7.25. The molecule has 0 aliphatic heterocycles. The number of hydrogen-bond acceptors (Lipinski definition) is 5. The van der Waals surface area contributed by atoms with Gasteiger partial charge in [-0.25, -0.2) is 4.98 Å². The zero-order chi connectivity index (χ0) is 18.0. The van der Waals surface area contributed by atoms with Crippen LogP contribution in [0, 0.1) is 15.5 Å². The number of carbonyl (C=O) groups is 1. The van der Waals surface area contributed by atoms with E-state index in [1.54, 1.807) is 42.5 Å². The molecule has 0 spiro atoms. The number of non-ortho nitro benzene ring substituents is 1. The van der Waals surface area contributed by atoms with Crippen molar-refractivity contribution >= 4 is 28.5 Å². The van der Waals surface area contributed by atoms with Crippen molar-refractivity contribution in [3.63, 3.8) is 0 Å². The molecule has 0 saturated heterocycles. The fourth-order valence-corrected chi connectivity index (χ4v) is 2.45. The maximum absolute atomic E-state index is 12.3. The average molecular weight is 335 g/mol. The molecule has 124 valence electrons. The van der Waals surface area contributed by atoms with Crippen molar-refractivity contribution in [2.24, 2.45) is 5.73 Å². The minimum absolute atomic E-state index is 0.0286. The summed E-state index contributed by atoms with van der Waals surface area (Å²) in [6.45, 7) is 0. The molecular formula is C17H13N5O3. The summed E-state index contributed by atoms with van der Waals surface area (Å²) in [6.07, 6.45) is 0. The van der Waals surface area contributed by atoms with Crippen LogP contribution in [0.3, 0.4) is 0 Å². The lowest BCUT2D eigenvalue weighted by molar-refractivity contribution is -0.384. The Labute approximate surface area is 142 Å². The lowest BCUT2D eigenvalue weighted by atomic mass is 10.0. The Kier molecular flexibility index (Phi) is 4.09. The van der Waals surface area contributed by atoms with Crippen molar-refractivity contribution in [1.29, 1.82) is 5.41 Å². The van der Waals surface area contributed by atoms with Crippen LogP contribution in [-0.2, 0) is 0 Å². The fraction of sp³-hybridized carbons (Fsp3) is 0. The number of nitrogens with two attached hydrogens (primary N) is 1. The minimum atomic E-state index is -0.519. The molecule has 8 nitrogen and oxygen atoms in total. The van der Waals surface area contributed by atoms with Gasteiger partial charge in [-0.1, -0.05) is 18.2 Å². The van der Waals surface area contributed by atoms with E-state index in [4.69, 9.17) is 11.1 Å². The summed E-state index contributed by atoms with van der Waals surface area (Å²) in [5.74, 6) is -0.975. The van der Waals surface area contributed by atoms with Crippen molar-refractivity contribution in [2.45, 2.75) is 0 Å². The van der Waals surface area contributed by atoms with E-state index in [0.29, 0.717) is 27.7 Å². The van der Waals surface area contributed by atoms with E-state index in [2.05, 4.69) is 10.3 Å². The molecule has 0 saturated carbocycles. The summed E-state index contributed by atoms with van der Waals surface area (Å²) in [6, 6.07) is 14.5. The molecule has 3 aromatic rings.